The quantitative estimate of drug-likeness (QED) is 0.700. The molecule has 1 rings (SSSR count). The molecule has 0 saturated carbocycles. The molecular formula is C18H26N2O5. The zero-order chi connectivity index (χ0) is 18.8. The Morgan fingerprint density at radius 3 is 2.28 bits per heavy atom. The van der Waals surface area contributed by atoms with Crippen LogP contribution in [0.2, 0.25) is 0 Å². The zero-order valence-electron chi connectivity index (χ0n) is 15.1. The first kappa shape index (κ1) is 20.5. The highest BCUT2D eigenvalue weighted by molar-refractivity contribution is 5.89. The van der Waals surface area contributed by atoms with Gasteiger partial charge in [0.2, 0.25) is 5.91 Å². The summed E-state index contributed by atoms with van der Waals surface area (Å²) in [7, 11) is 1.27. The van der Waals surface area contributed by atoms with Gasteiger partial charge < -0.3 is 20.1 Å². The Balaban J connectivity index is 2.51. The monoisotopic (exact) mass is 350 g/mol. The highest BCUT2D eigenvalue weighted by Gasteiger charge is 2.28. The van der Waals surface area contributed by atoms with E-state index in [0.717, 1.165) is 5.56 Å². The summed E-state index contributed by atoms with van der Waals surface area (Å²) >= 11 is 0. The van der Waals surface area contributed by atoms with E-state index in [4.69, 9.17) is 9.47 Å². The fourth-order valence-corrected chi connectivity index (χ4v) is 2.08. The van der Waals surface area contributed by atoms with E-state index in [1.54, 1.807) is 0 Å². The summed E-state index contributed by atoms with van der Waals surface area (Å²) in [5.74, 6) is -1.08. The number of hydrogen-bond acceptors (Lipinski definition) is 5. The molecule has 0 saturated heterocycles. The molecule has 0 radical (unpaired) electrons. The normalized spacial score (nSPS) is 13.9. The summed E-state index contributed by atoms with van der Waals surface area (Å²) in [5.41, 5.74) is 0.845. The summed E-state index contributed by atoms with van der Waals surface area (Å²) in [6, 6.07) is 7.60. The second-order valence-electron chi connectivity index (χ2n) is 5.82. The summed E-state index contributed by atoms with van der Waals surface area (Å²) < 4.78 is 9.79. The molecule has 0 aliphatic carbocycles. The van der Waals surface area contributed by atoms with Crippen LogP contribution in [0.3, 0.4) is 0 Å². The van der Waals surface area contributed by atoms with Crippen molar-refractivity contribution in [1.82, 2.24) is 10.6 Å². The van der Waals surface area contributed by atoms with Crippen molar-refractivity contribution in [2.75, 3.05) is 7.11 Å². The maximum atomic E-state index is 12.2. The predicted octanol–water partition coefficient (Wildman–Crippen LogP) is 2.01. The summed E-state index contributed by atoms with van der Waals surface area (Å²) in [6.45, 7) is 5.38. The summed E-state index contributed by atoms with van der Waals surface area (Å²) in [5, 5.41) is 5.06. The van der Waals surface area contributed by atoms with Crippen LogP contribution in [0.1, 0.15) is 32.8 Å². The Labute approximate surface area is 148 Å². The molecule has 0 aliphatic rings. The summed E-state index contributed by atoms with van der Waals surface area (Å²) in [6.07, 6.45) is -0.00861. The first-order chi connectivity index (χ1) is 11.9. The molecule has 0 aliphatic heterocycles. The van der Waals surface area contributed by atoms with Crippen molar-refractivity contribution in [2.45, 2.75) is 45.9 Å². The fraction of sp³-hybridized carbons (Fsp3) is 0.500. The third kappa shape index (κ3) is 6.82. The first-order valence-electron chi connectivity index (χ1n) is 8.24. The van der Waals surface area contributed by atoms with Crippen molar-refractivity contribution in [2.24, 2.45) is 5.92 Å². The van der Waals surface area contributed by atoms with E-state index in [-0.39, 0.29) is 12.5 Å². The Morgan fingerprint density at radius 2 is 1.72 bits per heavy atom. The molecule has 138 valence electrons. The van der Waals surface area contributed by atoms with Gasteiger partial charge in [0, 0.05) is 0 Å². The van der Waals surface area contributed by atoms with Crippen LogP contribution in [-0.4, -0.2) is 37.2 Å². The van der Waals surface area contributed by atoms with Crippen LogP contribution in [0, 0.1) is 5.92 Å². The largest absolute Gasteiger partial charge is 0.467 e. The molecule has 1 aromatic carbocycles. The SMILES string of the molecule is CC[C@H](C)[C@H](NC(=O)[C@@H](C)NC(=O)OCc1ccccc1)C(=O)OC. The molecule has 7 heteroatoms. The molecular weight excluding hydrogens is 324 g/mol. The number of benzene rings is 1. The molecule has 0 aromatic heterocycles. The van der Waals surface area contributed by atoms with E-state index in [1.165, 1.54) is 14.0 Å². The molecule has 25 heavy (non-hydrogen) atoms. The highest BCUT2D eigenvalue weighted by Crippen LogP contribution is 2.09. The van der Waals surface area contributed by atoms with Gasteiger partial charge in [0.1, 0.15) is 18.7 Å². The minimum atomic E-state index is -0.848. The molecule has 0 heterocycles. The first-order valence-corrected chi connectivity index (χ1v) is 8.24. The average Bonchev–Trinajstić information content (AvgIpc) is 2.63. The van der Waals surface area contributed by atoms with Crippen LogP contribution < -0.4 is 10.6 Å². The van der Waals surface area contributed by atoms with E-state index in [2.05, 4.69) is 10.6 Å². The number of methoxy groups -OCH3 is 1. The van der Waals surface area contributed by atoms with Crippen molar-refractivity contribution < 1.29 is 23.9 Å². The lowest BCUT2D eigenvalue weighted by Gasteiger charge is -2.23. The minimum Gasteiger partial charge on any atom is -0.467 e. The van der Waals surface area contributed by atoms with Crippen LogP contribution in [0.4, 0.5) is 4.79 Å². The Kier molecular flexibility index (Phi) is 8.46. The number of carbonyl (C=O) groups is 3. The highest BCUT2D eigenvalue weighted by atomic mass is 16.5. The maximum absolute atomic E-state index is 12.2. The second-order valence-corrected chi connectivity index (χ2v) is 5.82. The Bertz CT molecular complexity index is 576. The molecule has 0 spiro atoms. The number of alkyl carbamates (subject to hydrolysis) is 1. The van der Waals surface area contributed by atoms with Gasteiger partial charge >= 0.3 is 12.1 Å². The molecule has 2 amide bonds. The van der Waals surface area contributed by atoms with Gasteiger partial charge in [0.25, 0.3) is 0 Å². The van der Waals surface area contributed by atoms with Crippen LogP contribution in [0.25, 0.3) is 0 Å². The maximum Gasteiger partial charge on any atom is 0.408 e. The number of nitrogens with one attached hydrogen (secondary N) is 2. The number of amides is 2. The standard InChI is InChI=1S/C18H26N2O5/c1-5-12(2)15(17(22)24-4)20-16(21)13(3)19-18(23)25-11-14-9-7-6-8-10-14/h6-10,12-13,15H,5,11H2,1-4H3,(H,19,23)(H,20,21)/t12-,13+,15-/m0/s1. The fourth-order valence-electron chi connectivity index (χ4n) is 2.08. The lowest BCUT2D eigenvalue weighted by atomic mass is 9.99. The molecule has 7 nitrogen and oxygen atoms in total. The van der Waals surface area contributed by atoms with Gasteiger partial charge in [-0.05, 0) is 18.4 Å². The molecule has 0 unspecified atom stereocenters. The Hall–Kier alpha value is -2.57. The van der Waals surface area contributed by atoms with Gasteiger partial charge in [0.05, 0.1) is 7.11 Å². The van der Waals surface area contributed by atoms with Crippen LogP contribution in [-0.2, 0) is 25.7 Å². The number of carbonyl (C=O) groups excluding carboxylic acids is 3. The van der Waals surface area contributed by atoms with Crippen molar-refractivity contribution in [3.8, 4) is 0 Å². The number of esters is 1. The van der Waals surface area contributed by atoms with Gasteiger partial charge in [-0.2, -0.15) is 0 Å². The van der Waals surface area contributed by atoms with E-state index in [0.29, 0.717) is 6.42 Å². The molecule has 2 N–H and O–H groups in total. The van der Waals surface area contributed by atoms with Crippen molar-refractivity contribution in [3.05, 3.63) is 35.9 Å². The van der Waals surface area contributed by atoms with E-state index >= 15 is 0 Å². The topological polar surface area (TPSA) is 93.7 Å². The van der Waals surface area contributed by atoms with Crippen LogP contribution in [0.5, 0.6) is 0 Å². The van der Waals surface area contributed by atoms with Gasteiger partial charge in [-0.1, -0.05) is 50.6 Å². The van der Waals surface area contributed by atoms with Crippen LogP contribution >= 0.6 is 0 Å². The van der Waals surface area contributed by atoms with Gasteiger partial charge in [-0.3, -0.25) is 4.79 Å². The van der Waals surface area contributed by atoms with Crippen molar-refractivity contribution >= 4 is 18.0 Å². The number of hydrogen-bond donors (Lipinski definition) is 2. The number of ether oxygens (including phenoxy) is 2. The zero-order valence-corrected chi connectivity index (χ0v) is 15.1. The van der Waals surface area contributed by atoms with E-state index in [1.807, 2.05) is 44.2 Å². The lowest BCUT2D eigenvalue weighted by Crippen LogP contribution is -2.52. The van der Waals surface area contributed by atoms with E-state index < -0.39 is 30.1 Å². The third-order valence-corrected chi connectivity index (χ3v) is 3.91. The van der Waals surface area contributed by atoms with Gasteiger partial charge in [-0.15, -0.1) is 0 Å². The van der Waals surface area contributed by atoms with Gasteiger partial charge in [-0.25, -0.2) is 9.59 Å². The van der Waals surface area contributed by atoms with Crippen molar-refractivity contribution in [1.29, 1.82) is 0 Å². The molecule has 3 atom stereocenters. The predicted molar refractivity (Wildman–Crippen MR) is 92.6 cm³/mol. The Morgan fingerprint density at radius 1 is 1.08 bits per heavy atom. The van der Waals surface area contributed by atoms with Crippen LogP contribution in [0.15, 0.2) is 30.3 Å². The smallest absolute Gasteiger partial charge is 0.408 e. The molecule has 1 aromatic rings. The minimum absolute atomic E-state index is 0.0892. The number of rotatable bonds is 8. The second kappa shape index (κ2) is 10.3. The summed E-state index contributed by atoms with van der Waals surface area (Å²) in [4.78, 5) is 35.8. The lowest BCUT2D eigenvalue weighted by molar-refractivity contribution is -0.146. The third-order valence-electron chi connectivity index (χ3n) is 3.91. The molecule has 0 bridgehead atoms. The van der Waals surface area contributed by atoms with Gasteiger partial charge in [0.15, 0.2) is 0 Å². The van der Waals surface area contributed by atoms with Crippen molar-refractivity contribution in [3.63, 3.8) is 0 Å². The average molecular weight is 350 g/mol. The molecule has 0 fully saturated rings. The van der Waals surface area contributed by atoms with E-state index in [9.17, 15) is 14.4 Å².